The molecule has 2 saturated carbocycles. The van der Waals surface area contributed by atoms with Crippen LogP contribution in [0.25, 0.3) is 0 Å². The summed E-state index contributed by atoms with van der Waals surface area (Å²) in [4.78, 5) is 0. The minimum absolute atomic E-state index is 0.256. The van der Waals surface area contributed by atoms with Gasteiger partial charge in [-0.2, -0.15) is 5.26 Å². The van der Waals surface area contributed by atoms with Gasteiger partial charge in [-0.1, -0.05) is 76.2 Å². The first-order valence-electron chi connectivity index (χ1n) is 12.2. The minimum atomic E-state index is -0.858. The molecule has 0 spiro atoms. The zero-order valence-electron chi connectivity index (χ0n) is 18.8. The quantitative estimate of drug-likeness (QED) is 0.426. The van der Waals surface area contributed by atoms with Gasteiger partial charge in [-0.3, -0.25) is 0 Å². The van der Waals surface area contributed by atoms with E-state index in [1.54, 1.807) is 0 Å². The van der Waals surface area contributed by atoms with E-state index in [2.05, 4.69) is 24.8 Å². The monoisotopic (exact) mass is 423 g/mol. The molecule has 0 unspecified atom stereocenters. The van der Waals surface area contributed by atoms with E-state index in [0.29, 0.717) is 5.92 Å². The first-order chi connectivity index (χ1) is 15.1. The topological polar surface area (TPSA) is 23.8 Å². The van der Waals surface area contributed by atoms with E-state index in [9.17, 15) is 8.78 Å². The number of benzene rings is 1. The van der Waals surface area contributed by atoms with Crippen LogP contribution in [0.15, 0.2) is 24.3 Å². The van der Waals surface area contributed by atoms with Gasteiger partial charge in [0.1, 0.15) is 23.3 Å². The molecule has 166 valence electrons. The highest BCUT2D eigenvalue weighted by molar-refractivity contribution is 5.43. The van der Waals surface area contributed by atoms with Gasteiger partial charge in [-0.25, -0.2) is 8.78 Å². The summed E-state index contributed by atoms with van der Waals surface area (Å²) in [6.07, 6.45) is 20.4. The standard InChI is InChI=1S/C28H35F2N/c1-2-5-21-8-12-23(13-9-21)16-17-24-14-10-22(11-15-24)6-3-4-7-25-18-27(29)26(20-31)28(30)19-25/h3,6,18-19,21-24H,2,5,8-17H2,1H3/b6-3+. The lowest BCUT2D eigenvalue weighted by Crippen LogP contribution is -2.17. The summed E-state index contributed by atoms with van der Waals surface area (Å²) >= 11 is 0. The first-order valence-corrected chi connectivity index (χ1v) is 12.2. The molecule has 0 saturated heterocycles. The highest BCUT2D eigenvalue weighted by Gasteiger charge is 2.23. The summed E-state index contributed by atoms with van der Waals surface area (Å²) in [5.74, 6) is 7.35. The summed E-state index contributed by atoms with van der Waals surface area (Å²) in [6, 6.07) is 3.76. The lowest BCUT2D eigenvalue weighted by Gasteiger charge is -2.31. The van der Waals surface area contributed by atoms with Crippen molar-refractivity contribution in [1.29, 1.82) is 5.26 Å². The van der Waals surface area contributed by atoms with E-state index in [1.165, 1.54) is 83.1 Å². The van der Waals surface area contributed by atoms with Crippen molar-refractivity contribution >= 4 is 0 Å². The molecule has 0 radical (unpaired) electrons. The molecule has 1 nitrogen and oxygen atoms in total. The highest BCUT2D eigenvalue weighted by Crippen LogP contribution is 2.37. The maximum atomic E-state index is 13.6. The Morgan fingerprint density at radius 3 is 1.90 bits per heavy atom. The molecule has 0 atom stereocenters. The third-order valence-corrected chi connectivity index (χ3v) is 7.36. The molecule has 0 N–H and O–H groups in total. The van der Waals surface area contributed by atoms with Crippen LogP contribution in [0.4, 0.5) is 8.78 Å². The van der Waals surface area contributed by atoms with Crippen molar-refractivity contribution in [2.24, 2.45) is 23.7 Å². The fourth-order valence-electron chi connectivity index (χ4n) is 5.42. The zero-order valence-corrected chi connectivity index (χ0v) is 18.8. The van der Waals surface area contributed by atoms with Gasteiger partial charge in [-0.15, -0.1) is 0 Å². The van der Waals surface area contributed by atoms with E-state index >= 15 is 0 Å². The smallest absolute Gasteiger partial charge is 0.145 e. The van der Waals surface area contributed by atoms with Crippen LogP contribution in [0.3, 0.4) is 0 Å². The van der Waals surface area contributed by atoms with Gasteiger partial charge in [0.05, 0.1) is 0 Å². The number of nitriles is 1. The van der Waals surface area contributed by atoms with E-state index in [4.69, 9.17) is 5.26 Å². The maximum Gasteiger partial charge on any atom is 0.145 e. The Morgan fingerprint density at radius 2 is 1.39 bits per heavy atom. The Kier molecular flexibility index (Phi) is 9.14. The van der Waals surface area contributed by atoms with E-state index < -0.39 is 17.2 Å². The Bertz CT molecular complexity index is 815. The maximum absolute atomic E-state index is 13.6. The Hall–Kier alpha value is -2.13. The molecule has 2 aliphatic rings. The molecule has 2 aliphatic carbocycles. The Labute approximate surface area is 186 Å². The van der Waals surface area contributed by atoms with E-state index in [0.717, 1.165) is 29.9 Å². The SMILES string of the molecule is CCCC1CCC(CCC2CCC(/C=C/C#Cc3cc(F)c(C#N)c(F)c3)CC2)CC1. The van der Waals surface area contributed by atoms with Gasteiger partial charge in [0.2, 0.25) is 0 Å². The molecule has 1 aromatic rings. The molecule has 0 heterocycles. The van der Waals surface area contributed by atoms with Crippen molar-refractivity contribution in [3.63, 3.8) is 0 Å². The fourth-order valence-corrected chi connectivity index (χ4v) is 5.42. The average Bonchev–Trinajstić information content (AvgIpc) is 2.77. The normalized spacial score (nSPS) is 26.3. The average molecular weight is 424 g/mol. The summed E-state index contributed by atoms with van der Waals surface area (Å²) in [7, 11) is 0. The third-order valence-electron chi connectivity index (χ3n) is 7.36. The lowest BCUT2D eigenvalue weighted by atomic mass is 9.75. The van der Waals surface area contributed by atoms with Crippen molar-refractivity contribution in [2.75, 3.05) is 0 Å². The van der Waals surface area contributed by atoms with Crippen LogP contribution in [-0.4, -0.2) is 0 Å². The summed E-state index contributed by atoms with van der Waals surface area (Å²) in [5, 5.41) is 8.72. The molecule has 2 fully saturated rings. The zero-order chi connectivity index (χ0) is 22.1. The highest BCUT2D eigenvalue weighted by atomic mass is 19.1. The molecular formula is C28H35F2N. The summed E-state index contributed by atoms with van der Waals surface area (Å²) < 4.78 is 27.3. The van der Waals surface area contributed by atoms with E-state index in [1.807, 2.05) is 6.08 Å². The molecule has 0 aromatic heterocycles. The molecule has 0 amide bonds. The predicted molar refractivity (Wildman–Crippen MR) is 122 cm³/mol. The number of hydrogen-bond donors (Lipinski definition) is 0. The third kappa shape index (κ3) is 7.21. The van der Waals surface area contributed by atoms with Crippen LogP contribution in [0.1, 0.15) is 95.1 Å². The van der Waals surface area contributed by atoms with Crippen molar-refractivity contribution in [2.45, 2.75) is 84.0 Å². The molecule has 0 bridgehead atoms. The summed E-state index contributed by atoms with van der Waals surface area (Å²) in [6.45, 7) is 2.31. The van der Waals surface area contributed by atoms with Gasteiger partial charge in [0.15, 0.2) is 0 Å². The van der Waals surface area contributed by atoms with Crippen molar-refractivity contribution < 1.29 is 8.78 Å². The summed E-state index contributed by atoms with van der Waals surface area (Å²) in [5.41, 5.74) is -0.298. The van der Waals surface area contributed by atoms with Gasteiger partial charge in [0.25, 0.3) is 0 Å². The second-order valence-electron chi connectivity index (χ2n) is 9.59. The van der Waals surface area contributed by atoms with Gasteiger partial charge in [0, 0.05) is 5.56 Å². The first kappa shape index (κ1) is 23.5. The molecule has 1 aromatic carbocycles. The number of allylic oxidation sites excluding steroid dienone is 2. The molecular weight excluding hydrogens is 388 g/mol. The van der Waals surface area contributed by atoms with Crippen LogP contribution in [0, 0.1) is 58.5 Å². The van der Waals surface area contributed by atoms with Crippen LogP contribution < -0.4 is 0 Å². The van der Waals surface area contributed by atoms with Crippen molar-refractivity contribution in [3.8, 4) is 17.9 Å². The Balaban J connectivity index is 1.37. The second-order valence-corrected chi connectivity index (χ2v) is 9.59. The molecule has 3 rings (SSSR count). The predicted octanol–water partition coefficient (Wildman–Crippen LogP) is 7.94. The Morgan fingerprint density at radius 1 is 0.871 bits per heavy atom. The lowest BCUT2D eigenvalue weighted by molar-refractivity contribution is 0.221. The molecule has 3 heteroatoms. The number of rotatable bonds is 6. The van der Waals surface area contributed by atoms with Gasteiger partial charge < -0.3 is 0 Å². The van der Waals surface area contributed by atoms with Gasteiger partial charge >= 0.3 is 0 Å². The fraction of sp³-hybridized carbons (Fsp3) is 0.607. The number of hydrogen-bond acceptors (Lipinski definition) is 1. The number of nitrogens with zero attached hydrogens (tertiary/aromatic N) is 1. The van der Waals surface area contributed by atoms with Crippen molar-refractivity contribution in [3.05, 3.63) is 47.0 Å². The van der Waals surface area contributed by atoms with Crippen LogP contribution in [0.5, 0.6) is 0 Å². The van der Waals surface area contributed by atoms with Crippen LogP contribution in [-0.2, 0) is 0 Å². The van der Waals surface area contributed by atoms with Gasteiger partial charge in [-0.05, 0) is 67.6 Å². The van der Waals surface area contributed by atoms with Crippen LogP contribution >= 0.6 is 0 Å². The van der Waals surface area contributed by atoms with Crippen LogP contribution in [0.2, 0.25) is 0 Å². The minimum Gasteiger partial charge on any atom is -0.205 e. The molecule has 31 heavy (non-hydrogen) atoms. The number of halogens is 2. The molecule has 0 aliphatic heterocycles. The van der Waals surface area contributed by atoms with E-state index in [-0.39, 0.29) is 5.56 Å². The van der Waals surface area contributed by atoms with Crippen molar-refractivity contribution in [1.82, 2.24) is 0 Å². The second kappa shape index (κ2) is 12.0. The largest absolute Gasteiger partial charge is 0.205 e.